The zero-order valence-electron chi connectivity index (χ0n) is 18.4. The number of hydrogen-bond donors (Lipinski definition) is 1. The Balaban J connectivity index is 1.40. The molecule has 8 nitrogen and oxygen atoms in total. The van der Waals surface area contributed by atoms with Crippen LogP contribution in [-0.4, -0.2) is 55.3 Å². The Morgan fingerprint density at radius 3 is 2.36 bits per heavy atom. The molecular formula is C23H26FN5O3S. The number of sulfonamides is 1. The van der Waals surface area contributed by atoms with Crippen molar-refractivity contribution in [2.24, 2.45) is 0 Å². The number of halogens is 1. The van der Waals surface area contributed by atoms with E-state index >= 15 is 0 Å². The lowest BCUT2D eigenvalue weighted by Crippen LogP contribution is -2.29. The monoisotopic (exact) mass is 471 g/mol. The van der Waals surface area contributed by atoms with Crippen molar-refractivity contribution in [3.8, 4) is 0 Å². The molecule has 174 valence electrons. The number of carbonyl (C=O) groups is 1. The summed E-state index contributed by atoms with van der Waals surface area (Å²) in [6.45, 7) is 1.87. The van der Waals surface area contributed by atoms with Gasteiger partial charge < -0.3 is 10.2 Å². The average Bonchev–Trinajstić information content (AvgIpc) is 3.33. The van der Waals surface area contributed by atoms with E-state index in [2.05, 4.69) is 15.2 Å². The molecule has 3 aromatic rings. The number of fused-ring (bicyclic) bond motifs is 1. The largest absolute Gasteiger partial charge is 0.354 e. The summed E-state index contributed by atoms with van der Waals surface area (Å²) in [6, 6.07) is 12.2. The third kappa shape index (κ3) is 5.28. The average molecular weight is 472 g/mol. The van der Waals surface area contributed by atoms with Crippen molar-refractivity contribution in [1.82, 2.24) is 14.3 Å². The van der Waals surface area contributed by atoms with E-state index in [0.29, 0.717) is 23.6 Å². The van der Waals surface area contributed by atoms with Gasteiger partial charge in [-0.25, -0.2) is 27.1 Å². The predicted octanol–water partition coefficient (Wildman–Crippen LogP) is 3.41. The first-order valence-electron chi connectivity index (χ1n) is 10.9. The van der Waals surface area contributed by atoms with Crippen LogP contribution in [0.5, 0.6) is 0 Å². The van der Waals surface area contributed by atoms with Crippen LogP contribution >= 0.6 is 0 Å². The number of nitrogens with zero attached hydrogens (tertiary/aromatic N) is 4. The zero-order chi connectivity index (χ0) is 23.4. The number of benzene rings is 2. The predicted molar refractivity (Wildman–Crippen MR) is 125 cm³/mol. The van der Waals surface area contributed by atoms with E-state index in [1.165, 1.54) is 23.5 Å². The van der Waals surface area contributed by atoms with Crippen molar-refractivity contribution in [1.29, 1.82) is 0 Å². The Kier molecular flexibility index (Phi) is 6.85. The van der Waals surface area contributed by atoms with E-state index in [0.717, 1.165) is 43.6 Å². The molecule has 1 aliphatic heterocycles. The molecule has 1 aromatic heterocycles. The molecule has 4 rings (SSSR count). The standard InChI is InChI=1S/C23H26FN5O3S/c1-28(33(31,32)18-12-10-17(24)11-13-18)14-6-9-21(30)27-22-23(29-15-4-5-16-29)26-20-8-3-2-7-19(20)25-22/h2-3,7-8,10-13H,4-6,9,14-16H2,1H3,(H,25,27,30). The Morgan fingerprint density at radius 2 is 1.70 bits per heavy atom. The lowest BCUT2D eigenvalue weighted by atomic mass is 10.3. The molecule has 33 heavy (non-hydrogen) atoms. The van der Waals surface area contributed by atoms with Crippen LogP contribution in [0, 0.1) is 5.82 Å². The Labute approximate surface area is 192 Å². The molecule has 0 aliphatic carbocycles. The maximum atomic E-state index is 13.1. The summed E-state index contributed by atoms with van der Waals surface area (Å²) in [4.78, 5) is 24.1. The number of anilines is 2. The second-order valence-corrected chi connectivity index (χ2v) is 10.1. The van der Waals surface area contributed by atoms with Gasteiger partial charge in [-0.15, -0.1) is 0 Å². The Hall–Kier alpha value is -3.11. The Morgan fingerprint density at radius 1 is 1.06 bits per heavy atom. The number of para-hydroxylation sites is 2. The van der Waals surface area contributed by atoms with E-state index in [1.54, 1.807) is 0 Å². The fraction of sp³-hybridized carbons (Fsp3) is 0.348. The van der Waals surface area contributed by atoms with Gasteiger partial charge in [0, 0.05) is 33.1 Å². The van der Waals surface area contributed by atoms with Crippen molar-refractivity contribution in [2.75, 3.05) is 36.9 Å². The van der Waals surface area contributed by atoms with Crippen LogP contribution in [0.25, 0.3) is 11.0 Å². The molecule has 0 unspecified atom stereocenters. The number of amides is 1. The number of carbonyl (C=O) groups excluding carboxylic acids is 1. The molecule has 1 N–H and O–H groups in total. The molecule has 0 saturated carbocycles. The SMILES string of the molecule is CN(CCCC(=O)Nc1nc2ccccc2nc1N1CCCC1)S(=O)(=O)c1ccc(F)cc1. The van der Waals surface area contributed by atoms with Gasteiger partial charge in [0.15, 0.2) is 11.6 Å². The molecule has 2 heterocycles. The molecule has 1 fully saturated rings. The summed E-state index contributed by atoms with van der Waals surface area (Å²) >= 11 is 0. The minimum absolute atomic E-state index is 0.0116. The van der Waals surface area contributed by atoms with Crippen LogP contribution in [0.15, 0.2) is 53.4 Å². The van der Waals surface area contributed by atoms with Crippen LogP contribution in [0.2, 0.25) is 0 Å². The first kappa shape index (κ1) is 23.1. The van der Waals surface area contributed by atoms with Crippen molar-refractivity contribution in [2.45, 2.75) is 30.6 Å². The van der Waals surface area contributed by atoms with Gasteiger partial charge in [0.05, 0.1) is 15.9 Å². The highest BCUT2D eigenvalue weighted by Crippen LogP contribution is 2.28. The van der Waals surface area contributed by atoms with Gasteiger partial charge in [-0.2, -0.15) is 0 Å². The van der Waals surface area contributed by atoms with Crippen LogP contribution in [0.4, 0.5) is 16.0 Å². The van der Waals surface area contributed by atoms with Crippen molar-refractivity contribution >= 4 is 38.6 Å². The van der Waals surface area contributed by atoms with E-state index < -0.39 is 15.8 Å². The lowest BCUT2D eigenvalue weighted by Gasteiger charge is -2.20. The van der Waals surface area contributed by atoms with Crippen molar-refractivity contribution < 1.29 is 17.6 Å². The second-order valence-electron chi connectivity index (χ2n) is 8.01. The summed E-state index contributed by atoms with van der Waals surface area (Å²) in [5.74, 6) is 0.328. The summed E-state index contributed by atoms with van der Waals surface area (Å²) in [6.07, 6.45) is 2.58. The lowest BCUT2D eigenvalue weighted by molar-refractivity contribution is -0.116. The number of aromatic nitrogens is 2. The molecule has 1 saturated heterocycles. The van der Waals surface area contributed by atoms with Crippen LogP contribution in [0.3, 0.4) is 0 Å². The molecule has 10 heteroatoms. The first-order valence-corrected chi connectivity index (χ1v) is 12.3. The van der Waals surface area contributed by atoms with E-state index in [9.17, 15) is 17.6 Å². The van der Waals surface area contributed by atoms with E-state index in [1.807, 2.05) is 24.3 Å². The highest BCUT2D eigenvalue weighted by Gasteiger charge is 2.22. The third-order valence-corrected chi connectivity index (χ3v) is 7.49. The maximum absolute atomic E-state index is 13.1. The quantitative estimate of drug-likeness (QED) is 0.541. The molecule has 0 spiro atoms. The minimum atomic E-state index is -3.75. The molecule has 0 radical (unpaired) electrons. The van der Waals surface area contributed by atoms with Gasteiger partial charge in [-0.05, 0) is 55.7 Å². The number of hydrogen-bond acceptors (Lipinski definition) is 6. The van der Waals surface area contributed by atoms with E-state index in [4.69, 9.17) is 4.98 Å². The van der Waals surface area contributed by atoms with E-state index in [-0.39, 0.29) is 23.8 Å². The summed E-state index contributed by atoms with van der Waals surface area (Å²) < 4.78 is 39.5. The normalized spacial score (nSPS) is 14.2. The van der Waals surface area contributed by atoms with Gasteiger partial charge in [0.2, 0.25) is 15.9 Å². The van der Waals surface area contributed by atoms with Crippen LogP contribution in [0.1, 0.15) is 25.7 Å². The first-order chi connectivity index (χ1) is 15.8. The van der Waals surface area contributed by atoms with Gasteiger partial charge >= 0.3 is 0 Å². The fourth-order valence-electron chi connectivity index (χ4n) is 3.79. The molecule has 2 aromatic carbocycles. The number of rotatable bonds is 8. The van der Waals surface area contributed by atoms with Gasteiger partial charge in [-0.3, -0.25) is 4.79 Å². The van der Waals surface area contributed by atoms with Crippen molar-refractivity contribution in [3.63, 3.8) is 0 Å². The molecule has 0 atom stereocenters. The Bertz CT molecular complexity index is 1240. The molecule has 0 bridgehead atoms. The minimum Gasteiger partial charge on any atom is -0.354 e. The van der Waals surface area contributed by atoms with Gasteiger partial charge in [-0.1, -0.05) is 12.1 Å². The second kappa shape index (κ2) is 9.80. The van der Waals surface area contributed by atoms with Crippen LogP contribution in [-0.2, 0) is 14.8 Å². The maximum Gasteiger partial charge on any atom is 0.242 e. The summed E-state index contributed by atoms with van der Waals surface area (Å²) in [5.41, 5.74) is 1.46. The summed E-state index contributed by atoms with van der Waals surface area (Å²) in [5, 5.41) is 2.87. The van der Waals surface area contributed by atoms with Gasteiger partial charge in [0.25, 0.3) is 0 Å². The highest BCUT2D eigenvalue weighted by molar-refractivity contribution is 7.89. The summed E-state index contributed by atoms with van der Waals surface area (Å²) in [7, 11) is -2.31. The fourth-order valence-corrected chi connectivity index (χ4v) is 5.00. The topological polar surface area (TPSA) is 95.5 Å². The molecular weight excluding hydrogens is 445 g/mol. The smallest absolute Gasteiger partial charge is 0.242 e. The third-order valence-electron chi connectivity index (χ3n) is 5.61. The van der Waals surface area contributed by atoms with Crippen LogP contribution < -0.4 is 10.2 Å². The van der Waals surface area contributed by atoms with Crippen molar-refractivity contribution in [3.05, 3.63) is 54.3 Å². The molecule has 1 aliphatic rings. The highest BCUT2D eigenvalue weighted by atomic mass is 32.2. The molecule has 1 amide bonds. The zero-order valence-corrected chi connectivity index (χ0v) is 19.2. The number of nitrogens with one attached hydrogen (secondary N) is 1. The van der Waals surface area contributed by atoms with Gasteiger partial charge in [0.1, 0.15) is 5.82 Å².